The zero-order chi connectivity index (χ0) is 70.3. The summed E-state index contributed by atoms with van der Waals surface area (Å²) in [4.78, 5) is 4.75. The first-order valence-corrected chi connectivity index (χ1v) is 37.7. The first-order valence-electron chi connectivity index (χ1n) is 36.0. The van der Waals surface area contributed by atoms with Gasteiger partial charge in [0.05, 0.1) is 37.2 Å². The minimum Gasteiger partial charge on any atom is -0.310 e. The smallest absolute Gasteiger partial charge is 0.0727 e. The molecule has 0 N–H and O–H groups in total. The van der Waals surface area contributed by atoms with Gasteiger partial charge >= 0.3 is 0 Å². The fourth-order valence-electron chi connectivity index (χ4n) is 15.4. The maximum Gasteiger partial charge on any atom is 0.0727 e. The Balaban J connectivity index is 0.000000145. The van der Waals surface area contributed by atoms with Gasteiger partial charge in [0.15, 0.2) is 0 Å². The topological polar surface area (TPSA) is 16.3 Å². The van der Waals surface area contributed by atoms with Crippen molar-refractivity contribution in [3.63, 3.8) is 0 Å². The van der Waals surface area contributed by atoms with Crippen molar-refractivity contribution in [2.24, 2.45) is 0 Å². The molecule has 0 bridgehead atoms. The van der Waals surface area contributed by atoms with Gasteiger partial charge in [-0.1, -0.05) is 297 Å². The number of rotatable bonds is 14. The second kappa shape index (κ2) is 27.8. The monoisotopic (exact) mass is 1390 g/mol. The second-order valence-electron chi connectivity index (χ2n) is 26.7. The molecule has 0 aliphatic carbocycles. The van der Waals surface area contributed by atoms with E-state index in [1.165, 1.54) is 129 Å². The Kier molecular flexibility index (Phi) is 16.7. The number of fused-ring (bicyclic) bond motifs is 10. The van der Waals surface area contributed by atoms with Crippen LogP contribution in [0.4, 0.5) is 34.1 Å². The summed E-state index contributed by atoms with van der Waals surface area (Å²) >= 11 is 3.76. The molecule has 106 heavy (non-hydrogen) atoms. The van der Waals surface area contributed by atoms with E-state index in [9.17, 15) is 0 Å². The standard InChI is InChI=1S/2C50H34N2S/c1-3-14-35(15-4-1)36-26-30-40(31-27-36)51(46-23-10-7-20-43(46)38-16-5-2-6-17-38)42-19-13-18-39(34-42)37-28-32-41(33-29-37)52-47-24-11-8-21-44(47)50-49(52)45-22-9-12-25-48(45)53-50;1-3-13-35(14-4-1)37-25-29-41(30-26-37)51(43-19-11-17-39(33-43)36-15-5-2-6-16-36)44-20-12-18-40(34-44)38-27-31-42(32-28-38)52-47-23-9-7-21-45(47)50-49(52)46-22-8-10-24-48(46)53-50/h2*1-34H. The predicted octanol–water partition coefficient (Wildman–Crippen LogP) is 28.9. The molecule has 0 saturated heterocycles. The van der Waals surface area contributed by atoms with E-state index in [0.29, 0.717) is 0 Å². The first kappa shape index (κ1) is 63.6. The lowest BCUT2D eigenvalue weighted by Crippen LogP contribution is -2.11. The molecule has 0 aliphatic rings. The molecule has 20 rings (SSSR count). The van der Waals surface area contributed by atoms with Crippen molar-refractivity contribution in [3.05, 3.63) is 413 Å². The lowest BCUT2D eigenvalue weighted by Gasteiger charge is -2.28. The van der Waals surface area contributed by atoms with Crippen molar-refractivity contribution in [1.29, 1.82) is 0 Å². The summed E-state index contributed by atoms with van der Waals surface area (Å²) in [6.07, 6.45) is 0. The van der Waals surface area contributed by atoms with Gasteiger partial charge in [-0.3, -0.25) is 0 Å². The molecule has 6 heteroatoms. The predicted molar refractivity (Wildman–Crippen MR) is 454 cm³/mol. The molecule has 0 unspecified atom stereocenters. The van der Waals surface area contributed by atoms with Crippen LogP contribution in [0.3, 0.4) is 0 Å². The van der Waals surface area contributed by atoms with E-state index in [1.807, 2.05) is 22.7 Å². The molecule has 16 aromatic carbocycles. The highest BCUT2D eigenvalue weighted by molar-refractivity contribution is 7.27. The van der Waals surface area contributed by atoms with E-state index in [4.69, 9.17) is 0 Å². The molecule has 4 aromatic heterocycles. The molecule has 0 spiro atoms. The highest BCUT2D eigenvalue weighted by atomic mass is 32.1. The van der Waals surface area contributed by atoms with Gasteiger partial charge in [0.2, 0.25) is 0 Å². The molecular weight excluding hydrogens is 1320 g/mol. The van der Waals surface area contributed by atoms with Crippen molar-refractivity contribution >= 4 is 119 Å². The summed E-state index contributed by atoms with van der Waals surface area (Å²) in [5.74, 6) is 0. The Morgan fingerprint density at radius 1 is 0.198 bits per heavy atom. The quantitative estimate of drug-likeness (QED) is 0.108. The maximum absolute atomic E-state index is 2.44. The highest BCUT2D eigenvalue weighted by Gasteiger charge is 2.23. The van der Waals surface area contributed by atoms with Crippen molar-refractivity contribution < 1.29 is 0 Å². The van der Waals surface area contributed by atoms with Crippen LogP contribution in [-0.2, 0) is 0 Å². The molecule has 4 heterocycles. The second-order valence-corrected chi connectivity index (χ2v) is 28.9. The average Bonchev–Trinajstić information content (AvgIpc) is 1.57. The van der Waals surface area contributed by atoms with Gasteiger partial charge in [-0.2, -0.15) is 0 Å². The lowest BCUT2D eigenvalue weighted by atomic mass is 10.00. The van der Waals surface area contributed by atoms with Crippen molar-refractivity contribution in [2.45, 2.75) is 0 Å². The first-order chi connectivity index (χ1) is 52.6. The molecule has 0 fully saturated rings. The van der Waals surface area contributed by atoms with Crippen molar-refractivity contribution in [2.75, 3.05) is 9.80 Å². The third kappa shape index (κ3) is 11.9. The van der Waals surface area contributed by atoms with Crippen molar-refractivity contribution in [1.82, 2.24) is 9.13 Å². The SMILES string of the molecule is c1ccc(-c2ccc(N(c3cccc(-c4ccc(-n5c6ccccc6c6sc7ccccc7c65)cc4)c3)c3ccccc3-c3ccccc3)cc2)cc1.c1ccc(-c2ccc(N(c3cccc(-c4ccccc4)c3)c3cccc(-c4ccc(-n5c6ccccc6c6sc7ccccc7c65)cc4)c3)cc2)cc1. The number of nitrogens with zero attached hydrogens (tertiary/aromatic N) is 4. The Labute approximate surface area is 624 Å². The van der Waals surface area contributed by atoms with E-state index in [2.05, 4.69) is 431 Å². The third-order valence-corrected chi connectivity index (χ3v) is 22.8. The molecular formula is C100H68N4S2. The number of benzene rings is 16. The summed E-state index contributed by atoms with van der Waals surface area (Å²) < 4.78 is 10.2. The molecule has 0 saturated carbocycles. The summed E-state index contributed by atoms with van der Waals surface area (Å²) in [7, 11) is 0. The van der Waals surface area contributed by atoms with Crippen LogP contribution < -0.4 is 9.80 Å². The maximum atomic E-state index is 2.44. The summed E-state index contributed by atoms with van der Waals surface area (Å²) in [6, 6.07) is 149. The zero-order valence-electron chi connectivity index (χ0n) is 57.9. The largest absolute Gasteiger partial charge is 0.310 e. The van der Waals surface area contributed by atoms with Gasteiger partial charge in [-0.05, 0) is 176 Å². The van der Waals surface area contributed by atoms with Gasteiger partial charge < -0.3 is 18.9 Å². The van der Waals surface area contributed by atoms with Crippen LogP contribution in [-0.4, -0.2) is 9.13 Å². The molecule has 500 valence electrons. The number of hydrogen-bond donors (Lipinski definition) is 0. The lowest BCUT2D eigenvalue weighted by molar-refractivity contribution is 1.19. The molecule has 0 atom stereocenters. The van der Waals surface area contributed by atoms with Gasteiger partial charge in [0.1, 0.15) is 0 Å². The van der Waals surface area contributed by atoms with Crippen LogP contribution in [0.1, 0.15) is 0 Å². The van der Waals surface area contributed by atoms with Crippen LogP contribution >= 0.6 is 22.7 Å². The Morgan fingerprint density at radius 3 is 0.934 bits per heavy atom. The van der Waals surface area contributed by atoms with E-state index < -0.39 is 0 Å². The van der Waals surface area contributed by atoms with Crippen molar-refractivity contribution in [3.8, 4) is 78.1 Å². The van der Waals surface area contributed by atoms with Gasteiger partial charge in [0.25, 0.3) is 0 Å². The minimum absolute atomic E-state index is 1.10. The highest BCUT2D eigenvalue weighted by Crippen LogP contribution is 2.47. The van der Waals surface area contributed by atoms with Gasteiger partial charge in [-0.15, -0.1) is 22.7 Å². The Bertz CT molecular complexity index is 6520. The average molecular weight is 1390 g/mol. The number of hydrogen-bond acceptors (Lipinski definition) is 4. The van der Waals surface area contributed by atoms with Gasteiger partial charge in [0, 0.05) is 76.3 Å². The minimum atomic E-state index is 1.10. The van der Waals surface area contributed by atoms with E-state index >= 15 is 0 Å². The molecule has 0 radical (unpaired) electrons. The zero-order valence-corrected chi connectivity index (χ0v) is 59.5. The van der Waals surface area contributed by atoms with Crippen LogP contribution in [0.15, 0.2) is 413 Å². The Morgan fingerprint density at radius 2 is 0.500 bits per heavy atom. The van der Waals surface area contributed by atoms with E-state index in [-0.39, 0.29) is 0 Å². The molecule has 0 amide bonds. The fourth-order valence-corrected chi connectivity index (χ4v) is 17.8. The summed E-state index contributed by atoms with van der Waals surface area (Å²) in [5, 5.41) is 5.20. The van der Waals surface area contributed by atoms with Crippen LogP contribution in [0, 0.1) is 0 Å². The molecule has 4 nitrogen and oxygen atoms in total. The summed E-state index contributed by atoms with van der Waals surface area (Å²) in [5.41, 5.74) is 28.3. The van der Waals surface area contributed by atoms with E-state index in [0.717, 1.165) is 45.5 Å². The fraction of sp³-hybridized carbons (Fsp3) is 0. The molecule has 20 aromatic rings. The third-order valence-electron chi connectivity index (χ3n) is 20.4. The number of anilines is 6. The van der Waals surface area contributed by atoms with Crippen LogP contribution in [0.25, 0.3) is 141 Å². The number of thiophene rings is 2. The van der Waals surface area contributed by atoms with E-state index in [1.54, 1.807) is 0 Å². The summed E-state index contributed by atoms with van der Waals surface area (Å²) in [6.45, 7) is 0. The van der Waals surface area contributed by atoms with Crippen LogP contribution in [0.2, 0.25) is 0 Å². The van der Waals surface area contributed by atoms with Gasteiger partial charge in [-0.25, -0.2) is 0 Å². The van der Waals surface area contributed by atoms with Crippen LogP contribution in [0.5, 0.6) is 0 Å². The molecule has 0 aliphatic heterocycles. The number of aromatic nitrogens is 2. The Hall–Kier alpha value is -13.4. The normalized spacial score (nSPS) is 11.4. The number of para-hydroxylation sites is 3.